The molecule has 1 aromatic rings. The minimum absolute atomic E-state index is 0.124. The fourth-order valence-corrected chi connectivity index (χ4v) is 3.91. The second kappa shape index (κ2) is 4.57. The molecule has 0 spiro atoms. The molecule has 1 saturated carbocycles. The van der Waals surface area contributed by atoms with Gasteiger partial charge in [0.2, 0.25) is 11.0 Å². The number of amides is 1. The molecule has 1 atom stereocenters. The summed E-state index contributed by atoms with van der Waals surface area (Å²) >= 11 is 5.93. The summed E-state index contributed by atoms with van der Waals surface area (Å²) < 4.78 is 0. The Morgan fingerprint density at radius 1 is 1.29 bits per heavy atom. The number of anilines is 1. The molecule has 0 bridgehead atoms. The Balaban J connectivity index is 1.78. The third kappa shape index (κ3) is 2.20. The summed E-state index contributed by atoms with van der Waals surface area (Å²) in [5, 5.41) is 10.4. The van der Waals surface area contributed by atoms with Crippen molar-refractivity contribution in [1.82, 2.24) is 10.2 Å². The van der Waals surface area contributed by atoms with E-state index >= 15 is 0 Å². The predicted molar refractivity (Wildman–Crippen MR) is 70.9 cm³/mol. The van der Waals surface area contributed by atoms with Crippen LogP contribution < -0.4 is 4.90 Å². The van der Waals surface area contributed by atoms with Crippen LogP contribution in [0, 0.1) is 0 Å². The van der Waals surface area contributed by atoms with Crippen molar-refractivity contribution in [3.63, 3.8) is 0 Å². The first kappa shape index (κ1) is 11.5. The zero-order valence-corrected chi connectivity index (χ0v) is 11.2. The third-order valence-corrected chi connectivity index (χ3v) is 4.92. The van der Waals surface area contributed by atoms with Crippen molar-refractivity contribution < 1.29 is 4.79 Å². The van der Waals surface area contributed by atoms with Crippen molar-refractivity contribution in [1.29, 1.82) is 0 Å². The van der Waals surface area contributed by atoms with E-state index in [2.05, 4.69) is 22.8 Å². The van der Waals surface area contributed by atoms with Gasteiger partial charge in [0, 0.05) is 24.1 Å². The lowest BCUT2D eigenvalue weighted by molar-refractivity contribution is -0.117. The van der Waals surface area contributed by atoms with Crippen LogP contribution >= 0.6 is 24.0 Å². The Bertz CT molecular complexity index is 428. The number of hydrogen-bond acceptors (Lipinski definition) is 5. The second-order valence-electron chi connectivity index (χ2n) is 4.77. The number of carbonyl (C=O) groups excluding carboxylic acids is 1. The molecule has 2 aliphatic rings. The molecule has 1 unspecified atom stereocenters. The van der Waals surface area contributed by atoms with Crippen LogP contribution in [0.15, 0.2) is 0 Å². The summed E-state index contributed by atoms with van der Waals surface area (Å²) in [5.41, 5.74) is 0. The highest BCUT2D eigenvalue weighted by molar-refractivity contribution is 7.81. The first-order valence-electron chi connectivity index (χ1n) is 6.06. The summed E-state index contributed by atoms with van der Waals surface area (Å²) in [6.07, 6.45) is 5.54. The second-order valence-corrected chi connectivity index (χ2v) is 6.48. The van der Waals surface area contributed by atoms with E-state index in [1.165, 1.54) is 25.7 Å². The normalized spacial score (nSPS) is 26.1. The zero-order valence-electron chi connectivity index (χ0n) is 9.50. The van der Waals surface area contributed by atoms with Gasteiger partial charge in [0.25, 0.3) is 0 Å². The molecule has 0 aromatic carbocycles. The number of aromatic nitrogens is 2. The molecule has 3 rings (SSSR count). The number of rotatable bonds is 2. The summed E-state index contributed by atoms with van der Waals surface area (Å²) in [5.74, 6) is 0.699. The van der Waals surface area contributed by atoms with Crippen molar-refractivity contribution >= 4 is 35.0 Å². The minimum atomic E-state index is 0.124. The lowest BCUT2D eigenvalue weighted by atomic mass is 10.1. The fourth-order valence-electron chi connectivity index (χ4n) is 2.55. The SMILES string of the molecule is O=C1CC(S)CN1c1nnc(C2CCCC2)s1. The number of hydrogen-bond donors (Lipinski definition) is 1. The van der Waals surface area contributed by atoms with Gasteiger partial charge in [-0.05, 0) is 12.8 Å². The molecule has 0 radical (unpaired) electrons. The molecule has 1 amide bonds. The highest BCUT2D eigenvalue weighted by atomic mass is 32.1. The molecular weight excluding hydrogens is 254 g/mol. The molecule has 17 heavy (non-hydrogen) atoms. The smallest absolute Gasteiger partial charge is 0.230 e. The lowest BCUT2D eigenvalue weighted by Crippen LogP contribution is -2.24. The molecule has 4 nitrogen and oxygen atoms in total. The molecule has 1 aromatic heterocycles. The molecule has 0 N–H and O–H groups in total. The fraction of sp³-hybridized carbons (Fsp3) is 0.727. The van der Waals surface area contributed by atoms with Crippen LogP contribution in [0.1, 0.15) is 43.0 Å². The van der Waals surface area contributed by atoms with E-state index < -0.39 is 0 Å². The maximum absolute atomic E-state index is 11.7. The van der Waals surface area contributed by atoms with E-state index in [4.69, 9.17) is 0 Å². The topological polar surface area (TPSA) is 46.1 Å². The predicted octanol–water partition coefficient (Wildman–Crippen LogP) is 2.23. The van der Waals surface area contributed by atoms with Gasteiger partial charge in [-0.1, -0.05) is 24.2 Å². The van der Waals surface area contributed by atoms with Crippen molar-refractivity contribution in [2.24, 2.45) is 0 Å². The van der Waals surface area contributed by atoms with E-state index in [9.17, 15) is 4.79 Å². The van der Waals surface area contributed by atoms with Crippen LogP contribution in [-0.4, -0.2) is 27.9 Å². The van der Waals surface area contributed by atoms with E-state index in [-0.39, 0.29) is 11.2 Å². The molecule has 6 heteroatoms. The maximum atomic E-state index is 11.7. The van der Waals surface area contributed by atoms with Gasteiger partial charge in [-0.15, -0.1) is 10.2 Å². The largest absolute Gasteiger partial charge is 0.286 e. The van der Waals surface area contributed by atoms with Crippen LogP contribution in [0.4, 0.5) is 5.13 Å². The van der Waals surface area contributed by atoms with Crippen molar-refractivity contribution in [2.75, 3.05) is 11.4 Å². The van der Waals surface area contributed by atoms with Crippen LogP contribution in [-0.2, 0) is 4.79 Å². The Labute approximate surface area is 110 Å². The number of thiol groups is 1. The van der Waals surface area contributed by atoms with Gasteiger partial charge in [-0.3, -0.25) is 9.69 Å². The van der Waals surface area contributed by atoms with Gasteiger partial charge in [0.1, 0.15) is 5.01 Å². The minimum Gasteiger partial charge on any atom is -0.286 e. The number of nitrogens with zero attached hydrogens (tertiary/aromatic N) is 3. The highest BCUT2D eigenvalue weighted by Crippen LogP contribution is 2.38. The van der Waals surface area contributed by atoms with E-state index in [0.29, 0.717) is 18.9 Å². The van der Waals surface area contributed by atoms with Crippen molar-refractivity contribution in [3.05, 3.63) is 5.01 Å². The van der Waals surface area contributed by atoms with E-state index in [1.807, 2.05) is 0 Å². The van der Waals surface area contributed by atoms with Gasteiger partial charge in [0.15, 0.2) is 0 Å². The van der Waals surface area contributed by atoms with E-state index in [1.54, 1.807) is 16.2 Å². The quantitative estimate of drug-likeness (QED) is 0.838. The highest BCUT2D eigenvalue weighted by Gasteiger charge is 2.31. The van der Waals surface area contributed by atoms with E-state index in [0.717, 1.165) is 10.1 Å². The van der Waals surface area contributed by atoms with Crippen LogP contribution in [0.3, 0.4) is 0 Å². The molecule has 92 valence electrons. The zero-order chi connectivity index (χ0) is 11.8. The molecule has 2 fully saturated rings. The van der Waals surface area contributed by atoms with Gasteiger partial charge in [-0.25, -0.2) is 0 Å². The average Bonchev–Trinajstić information content (AvgIpc) is 2.97. The molecule has 1 aliphatic heterocycles. The average molecular weight is 269 g/mol. The number of carbonyl (C=O) groups is 1. The maximum Gasteiger partial charge on any atom is 0.230 e. The molecule has 1 saturated heterocycles. The van der Waals surface area contributed by atoms with Crippen molar-refractivity contribution in [3.8, 4) is 0 Å². The monoisotopic (exact) mass is 269 g/mol. The standard InChI is InChI=1S/C11H15N3OS2/c15-9-5-8(16)6-14(9)11-13-12-10(17-11)7-3-1-2-4-7/h7-8,16H,1-6H2. The van der Waals surface area contributed by atoms with Crippen LogP contribution in [0.2, 0.25) is 0 Å². The summed E-state index contributed by atoms with van der Waals surface area (Å²) in [6.45, 7) is 0.668. The Morgan fingerprint density at radius 2 is 2.06 bits per heavy atom. The molecular formula is C11H15N3OS2. The lowest BCUT2D eigenvalue weighted by Gasteiger charge is -2.10. The first-order chi connectivity index (χ1) is 8.24. The van der Waals surface area contributed by atoms with Crippen LogP contribution in [0.25, 0.3) is 0 Å². The molecule has 1 aliphatic carbocycles. The molecule has 2 heterocycles. The third-order valence-electron chi connectivity index (χ3n) is 3.47. The Hall–Kier alpha value is -0.620. The Kier molecular flexibility index (Phi) is 3.08. The van der Waals surface area contributed by atoms with Gasteiger partial charge in [0.05, 0.1) is 0 Å². The van der Waals surface area contributed by atoms with Crippen molar-refractivity contribution in [2.45, 2.75) is 43.3 Å². The summed E-state index contributed by atoms with van der Waals surface area (Å²) in [7, 11) is 0. The van der Waals surface area contributed by atoms with Gasteiger partial charge in [-0.2, -0.15) is 12.6 Å². The van der Waals surface area contributed by atoms with Crippen LogP contribution in [0.5, 0.6) is 0 Å². The van der Waals surface area contributed by atoms with Gasteiger partial charge >= 0.3 is 0 Å². The summed E-state index contributed by atoms with van der Waals surface area (Å²) in [6, 6.07) is 0. The Morgan fingerprint density at radius 3 is 2.71 bits per heavy atom. The summed E-state index contributed by atoms with van der Waals surface area (Å²) in [4.78, 5) is 13.5. The first-order valence-corrected chi connectivity index (χ1v) is 7.39. The van der Waals surface area contributed by atoms with Gasteiger partial charge < -0.3 is 0 Å².